The number of benzene rings is 1. The van der Waals surface area contributed by atoms with E-state index in [4.69, 9.17) is 11.6 Å². The third-order valence-electron chi connectivity index (χ3n) is 3.20. The van der Waals surface area contributed by atoms with Crippen molar-refractivity contribution in [2.24, 2.45) is 0 Å². The van der Waals surface area contributed by atoms with E-state index in [1.807, 2.05) is 0 Å². The lowest BCUT2D eigenvalue weighted by molar-refractivity contribution is -0.114. The summed E-state index contributed by atoms with van der Waals surface area (Å²) in [6.07, 6.45) is 2.31. The number of Topliss-reactive ketones (excluding diaryl/α,β-unsaturated/α-hetero) is 1. The minimum absolute atomic E-state index is 0.0288. The number of nitrogens with zero attached hydrogens (tertiary/aromatic N) is 3. The number of rotatable bonds is 3. The second-order valence-corrected chi connectivity index (χ2v) is 4.79. The number of anilines is 1. The van der Waals surface area contributed by atoms with Crippen molar-refractivity contribution in [3.63, 3.8) is 0 Å². The van der Waals surface area contributed by atoms with Gasteiger partial charge in [0.15, 0.2) is 0 Å². The number of aromatic nitrogens is 2. The molecule has 0 fully saturated rings. The van der Waals surface area contributed by atoms with Gasteiger partial charge >= 0.3 is 6.55 Å². The zero-order chi connectivity index (χ0) is 15.1. The molecule has 5 nitrogen and oxygen atoms in total. The smallest absolute Gasteiger partial charge is 0.296 e. The predicted octanol–water partition coefficient (Wildman–Crippen LogP) is 2.66. The van der Waals surface area contributed by atoms with E-state index in [-0.39, 0.29) is 28.6 Å². The fourth-order valence-corrected chi connectivity index (χ4v) is 2.53. The van der Waals surface area contributed by atoms with Crippen LogP contribution in [0.2, 0.25) is 5.02 Å². The summed E-state index contributed by atoms with van der Waals surface area (Å²) < 4.78 is 26.3. The van der Waals surface area contributed by atoms with E-state index in [0.29, 0.717) is 4.57 Å². The van der Waals surface area contributed by atoms with Gasteiger partial charge in [0.1, 0.15) is 5.82 Å². The molecular weight excluding hydrogens is 304 g/mol. The zero-order valence-corrected chi connectivity index (χ0v) is 11.2. The van der Waals surface area contributed by atoms with Crippen LogP contribution in [-0.4, -0.2) is 21.2 Å². The third kappa shape index (κ3) is 2.09. The molecule has 2 heterocycles. The number of hydrogen-bond donors (Lipinski definition) is 0. The predicted molar refractivity (Wildman–Crippen MR) is 70.5 cm³/mol. The molecule has 1 aromatic heterocycles. The fourth-order valence-electron chi connectivity index (χ4n) is 2.25. The third-order valence-corrected chi connectivity index (χ3v) is 3.50. The monoisotopic (exact) mass is 311 g/mol. The SMILES string of the molecule is O=C1C(=O)N(Cc2nccn2C(F)F)c2c(Cl)cccc21. The summed E-state index contributed by atoms with van der Waals surface area (Å²) >= 11 is 6.02. The molecule has 21 heavy (non-hydrogen) atoms. The summed E-state index contributed by atoms with van der Waals surface area (Å²) in [6.45, 7) is -3.03. The minimum Gasteiger partial charge on any atom is -0.296 e. The van der Waals surface area contributed by atoms with Crippen LogP contribution >= 0.6 is 11.6 Å². The number of halogens is 3. The van der Waals surface area contributed by atoms with E-state index in [1.165, 1.54) is 18.3 Å². The van der Waals surface area contributed by atoms with Crippen LogP contribution in [0.25, 0.3) is 0 Å². The number of imidazole rings is 1. The van der Waals surface area contributed by atoms with E-state index in [2.05, 4.69) is 4.98 Å². The van der Waals surface area contributed by atoms with Crippen molar-refractivity contribution in [3.05, 3.63) is 47.0 Å². The molecule has 108 valence electrons. The topological polar surface area (TPSA) is 55.2 Å². The molecule has 0 spiro atoms. The van der Waals surface area contributed by atoms with Gasteiger partial charge in [-0.3, -0.25) is 19.1 Å². The van der Waals surface area contributed by atoms with Gasteiger partial charge in [0, 0.05) is 12.4 Å². The molecule has 0 saturated carbocycles. The molecule has 0 aliphatic carbocycles. The van der Waals surface area contributed by atoms with Crippen LogP contribution in [-0.2, 0) is 11.3 Å². The lowest BCUT2D eigenvalue weighted by Gasteiger charge is -2.17. The van der Waals surface area contributed by atoms with Gasteiger partial charge in [0.05, 0.1) is 22.8 Å². The Kier molecular flexibility index (Phi) is 3.21. The summed E-state index contributed by atoms with van der Waals surface area (Å²) in [4.78, 5) is 28.8. The Bertz CT molecular complexity index is 745. The number of carbonyl (C=O) groups excluding carboxylic acids is 2. The number of amides is 1. The minimum atomic E-state index is -2.78. The van der Waals surface area contributed by atoms with Crippen LogP contribution in [0.4, 0.5) is 14.5 Å². The summed E-state index contributed by atoms with van der Waals surface area (Å²) in [6, 6.07) is 4.55. The summed E-state index contributed by atoms with van der Waals surface area (Å²) in [5, 5.41) is 0.210. The molecule has 1 aromatic carbocycles. The van der Waals surface area contributed by atoms with Crippen LogP contribution < -0.4 is 4.90 Å². The maximum Gasteiger partial charge on any atom is 0.319 e. The average Bonchev–Trinajstić information content (AvgIpc) is 2.99. The zero-order valence-electron chi connectivity index (χ0n) is 10.5. The molecule has 1 amide bonds. The second kappa shape index (κ2) is 4.92. The first-order chi connectivity index (χ1) is 10.0. The first-order valence-electron chi connectivity index (χ1n) is 5.95. The van der Waals surface area contributed by atoms with E-state index >= 15 is 0 Å². The Labute approximate surface area is 122 Å². The molecular formula is C13H8ClF2N3O2. The van der Waals surface area contributed by atoms with Crippen molar-refractivity contribution in [1.82, 2.24) is 9.55 Å². The molecule has 1 aliphatic heterocycles. The van der Waals surface area contributed by atoms with Gasteiger partial charge in [-0.2, -0.15) is 8.78 Å². The lowest BCUT2D eigenvalue weighted by atomic mass is 10.1. The normalized spacial score (nSPS) is 14.2. The number of carbonyl (C=O) groups is 2. The molecule has 3 rings (SSSR count). The van der Waals surface area contributed by atoms with Gasteiger partial charge in [-0.25, -0.2) is 4.98 Å². The number of hydrogen-bond acceptors (Lipinski definition) is 3. The molecule has 0 unspecified atom stereocenters. The van der Waals surface area contributed by atoms with Crippen molar-refractivity contribution >= 4 is 29.0 Å². The van der Waals surface area contributed by atoms with E-state index < -0.39 is 18.2 Å². The van der Waals surface area contributed by atoms with Gasteiger partial charge in [-0.05, 0) is 12.1 Å². The summed E-state index contributed by atoms with van der Waals surface area (Å²) in [5.41, 5.74) is 0.403. The van der Waals surface area contributed by atoms with Gasteiger partial charge in [-0.15, -0.1) is 0 Å². The molecule has 0 saturated heterocycles. The van der Waals surface area contributed by atoms with Crippen molar-refractivity contribution in [3.8, 4) is 0 Å². The molecule has 0 atom stereocenters. The molecule has 0 radical (unpaired) electrons. The summed E-state index contributed by atoms with van der Waals surface area (Å²) in [7, 11) is 0. The molecule has 8 heteroatoms. The van der Waals surface area contributed by atoms with Gasteiger partial charge < -0.3 is 0 Å². The largest absolute Gasteiger partial charge is 0.319 e. The maximum atomic E-state index is 12.8. The Morgan fingerprint density at radius 2 is 2.05 bits per heavy atom. The number of para-hydroxylation sites is 1. The standard InChI is InChI=1S/C13H8ClF2N3O2/c14-8-3-1-2-7-10(8)19(12(21)11(7)20)6-9-17-4-5-18(9)13(15)16/h1-5,13H,6H2. The Morgan fingerprint density at radius 3 is 2.76 bits per heavy atom. The number of alkyl halides is 2. The first kappa shape index (κ1) is 13.7. The fraction of sp³-hybridized carbons (Fsp3) is 0.154. The van der Waals surface area contributed by atoms with E-state index in [9.17, 15) is 18.4 Å². The van der Waals surface area contributed by atoms with Crippen LogP contribution in [0, 0.1) is 0 Å². The van der Waals surface area contributed by atoms with Crippen molar-refractivity contribution in [2.45, 2.75) is 13.1 Å². The Balaban J connectivity index is 2.03. The lowest BCUT2D eigenvalue weighted by Crippen LogP contribution is -2.30. The van der Waals surface area contributed by atoms with Crippen LogP contribution in [0.1, 0.15) is 22.7 Å². The van der Waals surface area contributed by atoms with Crippen LogP contribution in [0.15, 0.2) is 30.6 Å². The van der Waals surface area contributed by atoms with Crippen molar-refractivity contribution < 1.29 is 18.4 Å². The Hall–Kier alpha value is -2.28. The average molecular weight is 312 g/mol. The maximum absolute atomic E-state index is 12.8. The van der Waals surface area contributed by atoms with Crippen LogP contribution in [0.5, 0.6) is 0 Å². The molecule has 2 aromatic rings. The van der Waals surface area contributed by atoms with Crippen molar-refractivity contribution in [2.75, 3.05) is 4.90 Å². The molecule has 0 bridgehead atoms. The first-order valence-corrected chi connectivity index (χ1v) is 6.33. The number of fused-ring (bicyclic) bond motifs is 1. The van der Waals surface area contributed by atoms with Crippen LogP contribution in [0.3, 0.4) is 0 Å². The Morgan fingerprint density at radius 1 is 1.29 bits per heavy atom. The number of ketones is 1. The molecule has 0 N–H and O–H groups in total. The van der Waals surface area contributed by atoms with Gasteiger partial charge in [0.25, 0.3) is 11.7 Å². The van der Waals surface area contributed by atoms with E-state index in [0.717, 1.165) is 11.1 Å². The highest BCUT2D eigenvalue weighted by Gasteiger charge is 2.38. The quantitative estimate of drug-likeness (QED) is 0.819. The second-order valence-electron chi connectivity index (χ2n) is 4.38. The highest BCUT2D eigenvalue weighted by molar-refractivity contribution is 6.54. The van der Waals surface area contributed by atoms with Gasteiger partial charge in [-0.1, -0.05) is 17.7 Å². The van der Waals surface area contributed by atoms with Gasteiger partial charge in [0.2, 0.25) is 0 Å². The summed E-state index contributed by atoms with van der Waals surface area (Å²) in [5.74, 6) is -1.54. The van der Waals surface area contributed by atoms with E-state index in [1.54, 1.807) is 6.07 Å². The molecule has 1 aliphatic rings. The highest BCUT2D eigenvalue weighted by atomic mass is 35.5. The highest BCUT2D eigenvalue weighted by Crippen LogP contribution is 2.36. The van der Waals surface area contributed by atoms with Crippen molar-refractivity contribution in [1.29, 1.82) is 0 Å².